The van der Waals surface area contributed by atoms with Crippen molar-refractivity contribution < 1.29 is 9.78 Å². The van der Waals surface area contributed by atoms with Gasteiger partial charge in [-0.3, -0.25) is 0 Å². The van der Waals surface area contributed by atoms with Gasteiger partial charge in [-0.2, -0.15) is 0 Å². The van der Waals surface area contributed by atoms with E-state index in [9.17, 15) is 5.11 Å². The Labute approximate surface area is 72.0 Å². The third-order valence-corrected chi connectivity index (χ3v) is 1.58. The highest BCUT2D eigenvalue weighted by molar-refractivity contribution is 5.67. The Morgan fingerprint density at radius 1 is 1.33 bits per heavy atom. The maximum Gasteiger partial charge on any atom is 0.211 e. The van der Waals surface area contributed by atoms with Crippen LogP contribution in [-0.2, 0) is 0 Å². The normalized spacial score (nSPS) is 11.8. The molecule has 0 saturated heterocycles. The quantitative estimate of drug-likeness (QED) is 0.330. The third-order valence-electron chi connectivity index (χ3n) is 1.58. The average Bonchev–Trinajstić information content (AvgIpc) is 1.97. The molecule has 0 spiro atoms. The number of nitrogens with zero attached hydrogens (tertiary/aromatic N) is 2. The van der Waals surface area contributed by atoms with Crippen molar-refractivity contribution >= 4 is 5.90 Å². The molecule has 0 N–H and O–H groups in total. The van der Waals surface area contributed by atoms with E-state index >= 15 is 0 Å². The summed E-state index contributed by atoms with van der Waals surface area (Å²) in [6.07, 6.45) is 0. The molecule has 0 bridgehead atoms. The van der Waals surface area contributed by atoms with Gasteiger partial charge in [-0.25, -0.2) is 0 Å². The predicted octanol–water partition coefficient (Wildman–Crippen LogP) is 0.133. The Kier molecular flexibility index (Phi) is 2.43. The molecule has 1 aromatic heterocycles. The van der Waals surface area contributed by atoms with Gasteiger partial charge in [0.1, 0.15) is 0 Å². The van der Waals surface area contributed by atoms with E-state index in [-0.39, 0.29) is 5.90 Å². The van der Waals surface area contributed by atoms with Gasteiger partial charge in [0.15, 0.2) is 0 Å². The van der Waals surface area contributed by atoms with E-state index in [1.54, 1.807) is 4.68 Å². The van der Waals surface area contributed by atoms with Crippen molar-refractivity contribution in [3.63, 3.8) is 0 Å². The molecule has 0 aromatic carbocycles. The molecule has 0 radical (unpaired) electrons. The van der Waals surface area contributed by atoms with Crippen LogP contribution in [0.25, 0.3) is 0 Å². The van der Waals surface area contributed by atoms with Crippen molar-refractivity contribution in [3.05, 3.63) is 29.6 Å². The molecular formula is C9H12N2O. The van der Waals surface area contributed by atoms with Crippen LogP contribution in [0.15, 0.2) is 23.3 Å². The van der Waals surface area contributed by atoms with Crippen molar-refractivity contribution in [2.24, 2.45) is 5.10 Å². The molecule has 1 aromatic rings. The van der Waals surface area contributed by atoms with E-state index in [0.717, 1.165) is 11.4 Å². The van der Waals surface area contributed by atoms with Crippen molar-refractivity contribution in [1.82, 2.24) is 0 Å². The monoisotopic (exact) mass is 164 g/mol. The zero-order valence-corrected chi connectivity index (χ0v) is 7.53. The van der Waals surface area contributed by atoms with E-state index in [0.29, 0.717) is 0 Å². The summed E-state index contributed by atoms with van der Waals surface area (Å²) in [5.41, 5.74) is 1.93. The standard InChI is InChI=1S/C9H12N2O/c1-7-5-4-6-8(2)11(7)10-9(3)12/h4-6H,1-3H3. The molecule has 0 aliphatic carbocycles. The summed E-state index contributed by atoms with van der Waals surface area (Å²) in [6, 6.07) is 5.77. The van der Waals surface area contributed by atoms with Gasteiger partial charge in [-0.05, 0) is 18.1 Å². The molecule has 0 fully saturated rings. The van der Waals surface area contributed by atoms with Crippen LogP contribution in [0.1, 0.15) is 18.3 Å². The minimum Gasteiger partial charge on any atom is -0.858 e. The summed E-state index contributed by atoms with van der Waals surface area (Å²) in [4.78, 5) is 0. The van der Waals surface area contributed by atoms with Crippen LogP contribution in [0.2, 0.25) is 0 Å². The van der Waals surface area contributed by atoms with Crippen LogP contribution in [0, 0.1) is 13.8 Å². The molecule has 0 amide bonds. The Bertz CT molecular complexity index is 294. The van der Waals surface area contributed by atoms with E-state index in [1.807, 2.05) is 32.0 Å². The maximum absolute atomic E-state index is 10.7. The lowest BCUT2D eigenvalue weighted by molar-refractivity contribution is -0.693. The number of rotatable bonds is 1. The van der Waals surface area contributed by atoms with Crippen molar-refractivity contribution in [2.75, 3.05) is 0 Å². The molecule has 0 atom stereocenters. The first kappa shape index (κ1) is 8.71. The van der Waals surface area contributed by atoms with Crippen LogP contribution in [0.4, 0.5) is 0 Å². The zero-order valence-electron chi connectivity index (χ0n) is 7.53. The van der Waals surface area contributed by atoms with E-state index in [2.05, 4.69) is 5.10 Å². The van der Waals surface area contributed by atoms with Gasteiger partial charge in [0, 0.05) is 31.9 Å². The fourth-order valence-electron chi connectivity index (χ4n) is 1.04. The zero-order chi connectivity index (χ0) is 9.14. The summed E-state index contributed by atoms with van der Waals surface area (Å²) in [6.45, 7) is 5.28. The number of hydrogen-bond acceptors (Lipinski definition) is 2. The van der Waals surface area contributed by atoms with Crippen LogP contribution in [0.5, 0.6) is 0 Å². The molecule has 64 valence electrons. The average molecular weight is 164 g/mol. The first-order valence-electron chi connectivity index (χ1n) is 3.82. The highest BCUT2D eigenvalue weighted by Gasteiger charge is 2.06. The van der Waals surface area contributed by atoms with Gasteiger partial charge in [0.25, 0.3) is 0 Å². The highest BCUT2D eigenvalue weighted by atomic mass is 16.3. The summed E-state index contributed by atoms with van der Waals surface area (Å²) in [5, 5.41) is 14.6. The van der Waals surface area contributed by atoms with E-state index in [1.165, 1.54) is 6.92 Å². The minimum atomic E-state index is -0.183. The van der Waals surface area contributed by atoms with Gasteiger partial charge in [0.05, 0.1) is 0 Å². The lowest BCUT2D eigenvalue weighted by Crippen LogP contribution is -2.38. The van der Waals surface area contributed by atoms with Crippen molar-refractivity contribution in [1.29, 1.82) is 0 Å². The maximum atomic E-state index is 10.7. The fourth-order valence-corrected chi connectivity index (χ4v) is 1.04. The van der Waals surface area contributed by atoms with Gasteiger partial charge >= 0.3 is 0 Å². The molecule has 0 saturated carbocycles. The highest BCUT2D eigenvalue weighted by Crippen LogP contribution is 1.93. The molecule has 1 heterocycles. The summed E-state index contributed by atoms with van der Waals surface area (Å²) >= 11 is 0. The number of aryl methyl sites for hydroxylation is 2. The van der Waals surface area contributed by atoms with Gasteiger partial charge < -0.3 is 5.11 Å². The SMILES string of the molecule is C/C([O-])=N/[n+]1c(C)cccc1C. The molecule has 3 nitrogen and oxygen atoms in total. The number of pyridine rings is 1. The van der Waals surface area contributed by atoms with Crippen LogP contribution < -0.4 is 9.78 Å². The Morgan fingerprint density at radius 2 is 1.83 bits per heavy atom. The second-order valence-corrected chi connectivity index (χ2v) is 2.74. The van der Waals surface area contributed by atoms with Gasteiger partial charge in [-0.1, -0.05) is 4.68 Å². The summed E-state index contributed by atoms with van der Waals surface area (Å²) < 4.78 is 1.64. The third kappa shape index (κ3) is 1.81. The van der Waals surface area contributed by atoms with Crippen LogP contribution >= 0.6 is 0 Å². The van der Waals surface area contributed by atoms with Crippen LogP contribution in [-0.4, -0.2) is 5.90 Å². The molecule has 1 rings (SSSR count). The smallest absolute Gasteiger partial charge is 0.211 e. The predicted molar refractivity (Wildman–Crippen MR) is 44.6 cm³/mol. The number of hydrogen-bond donors (Lipinski definition) is 0. The lowest BCUT2D eigenvalue weighted by Gasteiger charge is -1.99. The Morgan fingerprint density at radius 3 is 2.25 bits per heavy atom. The fraction of sp³-hybridized carbons (Fsp3) is 0.333. The molecular weight excluding hydrogens is 152 g/mol. The van der Waals surface area contributed by atoms with Crippen molar-refractivity contribution in [2.45, 2.75) is 20.8 Å². The topological polar surface area (TPSA) is 39.3 Å². The van der Waals surface area contributed by atoms with E-state index in [4.69, 9.17) is 0 Å². The van der Waals surface area contributed by atoms with Crippen LogP contribution in [0.3, 0.4) is 0 Å². The van der Waals surface area contributed by atoms with Gasteiger partial charge in [0.2, 0.25) is 11.4 Å². The summed E-state index contributed by atoms with van der Waals surface area (Å²) in [7, 11) is 0. The Hall–Kier alpha value is -1.38. The van der Waals surface area contributed by atoms with Gasteiger partial charge in [-0.15, -0.1) is 0 Å². The Balaban J connectivity index is 3.22. The number of aromatic nitrogens is 1. The first-order chi connectivity index (χ1) is 5.61. The molecule has 0 unspecified atom stereocenters. The van der Waals surface area contributed by atoms with E-state index < -0.39 is 0 Å². The second kappa shape index (κ2) is 3.34. The molecule has 0 aliphatic rings. The molecule has 0 aliphatic heterocycles. The lowest BCUT2D eigenvalue weighted by atomic mass is 10.3. The summed E-state index contributed by atoms with van der Waals surface area (Å²) in [5.74, 6) is -0.183. The molecule has 3 heteroatoms. The minimum absolute atomic E-state index is 0.183. The largest absolute Gasteiger partial charge is 0.858 e. The second-order valence-electron chi connectivity index (χ2n) is 2.74. The van der Waals surface area contributed by atoms with Crippen molar-refractivity contribution in [3.8, 4) is 0 Å². The first-order valence-corrected chi connectivity index (χ1v) is 3.82. The molecule has 12 heavy (non-hydrogen) atoms.